The van der Waals surface area contributed by atoms with Crippen molar-refractivity contribution >= 4 is 10.0 Å². The van der Waals surface area contributed by atoms with Gasteiger partial charge in [-0.05, 0) is 17.7 Å². The molecule has 0 unspecified atom stereocenters. The van der Waals surface area contributed by atoms with E-state index in [2.05, 4.69) is 4.72 Å². The molecule has 5 nitrogen and oxygen atoms in total. The standard InChI is InChI=1S/C14H19F3N2O3S/c1-23(20,21)18-10-13(19-6-8-22-9-7-19)11-2-4-12(5-3-11)14(15,16)17/h2-5,13,18H,6-10H2,1H3/t13-/m1/s1. The van der Waals surface area contributed by atoms with E-state index in [1.165, 1.54) is 12.1 Å². The first-order valence-corrected chi connectivity index (χ1v) is 8.99. The third-order valence-electron chi connectivity index (χ3n) is 3.65. The van der Waals surface area contributed by atoms with Crippen molar-refractivity contribution in [3.05, 3.63) is 35.4 Å². The van der Waals surface area contributed by atoms with Crippen molar-refractivity contribution in [3.63, 3.8) is 0 Å². The van der Waals surface area contributed by atoms with Gasteiger partial charge in [-0.1, -0.05) is 12.1 Å². The second-order valence-electron chi connectivity index (χ2n) is 5.40. The Balaban J connectivity index is 2.21. The van der Waals surface area contributed by atoms with Gasteiger partial charge in [0.2, 0.25) is 10.0 Å². The van der Waals surface area contributed by atoms with Crippen LogP contribution in [0.1, 0.15) is 17.2 Å². The lowest BCUT2D eigenvalue weighted by atomic mass is 10.0. The minimum atomic E-state index is -4.39. The van der Waals surface area contributed by atoms with E-state index in [9.17, 15) is 21.6 Å². The first-order chi connectivity index (χ1) is 10.7. The van der Waals surface area contributed by atoms with Gasteiger partial charge in [-0.15, -0.1) is 0 Å². The Kier molecular flexibility index (Phi) is 5.66. The second-order valence-corrected chi connectivity index (χ2v) is 7.24. The van der Waals surface area contributed by atoms with Gasteiger partial charge in [0.25, 0.3) is 0 Å². The molecule has 0 bridgehead atoms. The van der Waals surface area contributed by atoms with Crippen LogP contribution in [-0.4, -0.2) is 52.4 Å². The maximum atomic E-state index is 12.7. The van der Waals surface area contributed by atoms with Crippen molar-refractivity contribution in [1.82, 2.24) is 9.62 Å². The Morgan fingerprint density at radius 1 is 1.22 bits per heavy atom. The molecule has 0 amide bonds. The number of hydrogen-bond donors (Lipinski definition) is 1. The maximum Gasteiger partial charge on any atom is 0.416 e. The SMILES string of the molecule is CS(=O)(=O)NC[C@H](c1ccc(C(F)(F)F)cc1)N1CCOCC1. The zero-order valence-electron chi connectivity index (χ0n) is 12.6. The molecule has 1 heterocycles. The number of hydrogen-bond acceptors (Lipinski definition) is 4. The minimum Gasteiger partial charge on any atom is -0.379 e. The summed E-state index contributed by atoms with van der Waals surface area (Å²) in [6.07, 6.45) is -3.34. The first-order valence-electron chi connectivity index (χ1n) is 7.10. The molecule has 1 saturated heterocycles. The monoisotopic (exact) mass is 352 g/mol. The number of halogens is 3. The smallest absolute Gasteiger partial charge is 0.379 e. The lowest BCUT2D eigenvalue weighted by Gasteiger charge is -2.34. The van der Waals surface area contributed by atoms with Gasteiger partial charge in [-0.25, -0.2) is 13.1 Å². The molecule has 9 heteroatoms. The summed E-state index contributed by atoms with van der Waals surface area (Å²) in [6.45, 7) is 2.31. The van der Waals surface area contributed by atoms with Gasteiger partial charge in [0.1, 0.15) is 0 Å². The molecule has 0 saturated carbocycles. The number of ether oxygens (including phenoxy) is 1. The molecular formula is C14H19F3N2O3S. The van der Waals surface area contributed by atoms with E-state index < -0.39 is 21.8 Å². The highest BCUT2D eigenvalue weighted by atomic mass is 32.2. The van der Waals surface area contributed by atoms with Crippen LogP contribution in [0.15, 0.2) is 24.3 Å². The summed E-state index contributed by atoms with van der Waals surface area (Å²) in [5.41, 5.74) is -0.0888. The van der Waals surface area contributed by atoms with Crippen LogP contribution in [0, 0.1) is 0 Å². The van der Waals surface area contributed by atoms with Crippen molar-refractivity contribution in [1.29, 1.82) is 0 Å². The van der Waals surface area contributed by atoms with E-state index in [0.717, 1.165) is 18.4 Å². The summed E-state index contributed by atoms with van der Waals surface area (Å²) in [5.74, 6) is 0. The summed E-state index contributed by atoms with van der Waals surface area (Å²) in [6, 6.07) is 4.49. The summed E-state index contributed by atoms with van der Waals surface area (Å²) >= 11 is 0. The van der Waals surface area contributed by atoms with Crippen molar-refractivity contribution in [2.24, 2.45) is 0 Å². The van der Waals surface area contributed by atoms with E-state index in [-0.39, 0.29) is 12.6 Å². The van der Waals surface area contributed by atoms with E-state index >= 15 is 0 Å². The lowest BCUT2D eigenvalue weighted by molar-refractivity contribution is -0.137. The van der Waals surface area contributed by atoms with Gasteiger partial charge in [0, 0.05) is 25.7 Å². The molecule has 1 N–H and O–H groups in total. The highest BCUT2D eigenvalue weighted by molar-refractivity contribution is 7.88. The van der Waals surface area contributed by atoms with Crippen LogP contribution in [0.5, 0.6) is 0 Å². The van der Waals surface area contributed by atoms with E-state index in [0.29, 0.717) is 31.9 Å². The Morgan fingerprint density at radius 3 is 2.26 bits per heavy atom. The third-order valence-corrected chi connectivity index (χ3v) is 4.34. The molecule has 1 aliphatic heterocycles. The largest absolute Gasteiger partial charge is 0.416 e. The molecule has 1 aliphatic rings. The zero-order chi connectivity index (χ0) is 17.1. The topological polar surface area (TPSA) is 58.6 Å². The fourth-order valence-corrected chi connectivity index (χ4v) is 2.93. The van der Waals surface area contributed by atoms with Gasteiger partial charge < -0.3 is 4.74 Å². The van der Waals surface area contributed by atoms with Gasteiger partial charge in [-0.2, -0.15) is 13.2 Å². The van der Waals surface area contributed by atoms with Crippen LogP contribution in [0.25, 0.3) is 0 Å². The van der Waals surface area contributed by atoms with Crippen LogP contribution in [-0.2, 0) is 20.9 Å². The maximum absolute atomic E-state index is 12.7. The predicted octanol–water partition coefficient (Wildman–Crippen LogP) is 1.63. The molecule has 130 valence electrons. The first kappa shape index (κ1) is 18.2. The van der Waals surface area contributed by atoms with Crippen molar-refractivity contribution < 1.29 is 26.3 Å². The zero-order valence-corrected chi connectivity index (χ0v) is 13.5. The predicted molar refractivity (Wildman–Crippen MR) is 79.4 cm³/mol. The fourth-order valence-electron chi connectivity index (χ4n) is 2.47. The molecule has 1 fully saturated rings. The average Bonchev–Trinajstić information content (AvgIpc) is 2.47. The molecule has 1 aromatic rings. The molecule has 1 aromatic carbocycles. The number of nitrogens with one attached hydrogen (secondary N) is 1. The molecular weight excluding hydrogens is 333 g/mol. The number of sulfonamides is 1. The summed E-state index contributed by atoms with van der Waals surface area (Å²) in [4.78, 5) is 2.00. The summed E-state index contributed by atoms with van der Waals surface area (Å²) < 4.78 is 68.3. The van der Waals surface area contributed by atoms with Crippen LogP contribution in [0.4, 0.5) is 13.2 Å². The quantitative estimate of drug-likeness (QED) is 0.875. The number of nitrogens with zero attached hydrogens (tertiary/aromatic N) is 1. The molecule has 0 radical (unpaired) electrons. The van der Waals surface area contributed by atoms with Gasteiger partial charge >= 0.3 is 6.18 Å². The highest BCUT2D eigenvalue weighted by Gasteiger charge is 2.31. The van der Waals surface area contributed by atoms with Crippen LogP contribution >= 0.6 is 0 Å². The van der Waals surface area contributed by atoms with E-state index in [1.807, 2.05) is 4.90 Å². The molecule has 0 aliphatic carbocycles. The van der Waals surface area contributed by atoms with Crippen molar-refractivity contribution in [2.75, 3.05) is 39.1 Å². The fraction of sp³-hybridized carbons (Fsp3) is 0.571. The second kappa shape index (κ2) is 7.16. The Labute approximate surface area is 133 Å². The number of rotatable bonds is 5. The van der Waals surface area contributed by atoms with Crippen molar-refractivity contribution in [2.45, 2.75) is 12.2 Å². The van der Waals surface area contributed by atoms with Crippen LogP contribution in [0.3, 0.4) is 0 Å². The number of morpholine rings is 1. The van der Waals surface area contributed by atoms with Crippen LogP contribution in [0.2, 0.25) is 0 Å². The van der Waals surface area contributed by atoms with Gasteiger partial charge in [0.05, 0.1) is 25.0 Å². The van der Waals surface area contributed by atoms with Crippen molar-refractivity contribution in [3.8, 4) is 0 Å². The van der Waals surface area contributed by atoms with Crippen LogP contribution < -0.4 is 4.72 Å². The summed E-state index contributed by atoms with van der Waals surface area (Å²) in [7, 11) is -3.39. The normalized spacial score (nSPS) is 18.8. The van der Waals surface area contributed by atoms with E-state index in [1.54, 1.807) is 0 Å². The Morgan fingerprint density at radius 2 is 1.78 bits per heavy atom. The summed E-state index contributed by atoms with van der Waals surface area (Å²) in [5, 5.41) is 0. The minimum absolute atomic E-state index is 0.101. The lowest BCUT2D eigenvalue weighted by Crippen LogP contribution is -2.43. The molecule has 23 heavy (non-hydrogen) atoms. The third kappa shape index (κ3) is 5.45. The van der Waals surface area contributed by atoms with E-state index in [4.69, 9.17) is 4.74 Å². The Hall–Kier alpha value is -1.16. The number of alkyl halides is 3. The van der Waals surface area contributed by atoms with Gasteiger partial charge in [0.15, 0.2) is 0 Å². The molecule has 1 atom stereocenters. The number of benzene rings is 1. The molecule has 0 spiro atoms. The van der Waals surface area contributed by atoms with Gasteiger partial charge in [-0.3, -0.25) is 4.90 Å². The highest BCUT2D eigenvalue weighted by Crippen LogP contribution is 2.31. The molecule has 0 aromatic heterocycles. The molecule has 2 rings (SSSR count). The average molecular weight is 352 g/mol. The Bertz CT molecular complexity index is 611.